The topological polar surface area (TPSA) is 26.0 Å². The molecule has 0 fully saturated rings. The predicted octanol–water partition coefficient (Wildman–Crippen LogP) is 7.04. The lowest BCUT2D eigenvalue weighted by atomic mass is 9.85. The average molecular weight is 420 g/mol. The number of hydrogen-bond acceptors (Lipinski definition) is 2. The molecule has 1 aliphatic rings. The second-order valence-corrected chi connectivity index (χ2v) is 10.2. The largest absolute Gasteiger partial charge is 0.456 e. The fraction of sp³-hybridized carbons (Fsp3) is 0.241. The summed E-state index contributed by atoms with van der Waals surface area (Å²) in [6, 6.07) is 19.5. The Hall–Kier alpha value is -3.46. The van der Waals surface area contributed by atoms with Gasteiger partial charge in [0, 0.05) is 5.39 Å². The summed E-state index contributed by atoms with van der Waals surface area (Å²) in [6.07, 6.45) is 2.95. The van der Waals surface area contributed by atoms with Gasteiger partial charge in [-0.2, -0.15) is 0 Å². The van der Waals surface area contributed by atoms with Crippen molar-refractivity contribution in [2.75, 3.05) is 0 Å². The Bertz CT molecular complexity index is 1570. The molecule has 0 bridgehead atoms. The minimum Gasteiger partial charge on any atom is -0.456 e. The van der Waals surface area contributed by atoms with E-state index in [9.17, 15) is 0 Å². The summed E-state index contributed by atoms with van der Waals surface area (Å²) in [5.41, 5.74) is 6.14. The third-order valence-electron chi connectivity index (χ3n) is 6.61. The summed E-state index contributed by atoms with van der Waals surface area (Å²) in [5, 5.41) is 5.99. The maximum Gasteiger partial charge on any atom is 0.287 e. The van der Waals surface area contributed by atoms with E-state index in [1.165, 1.54) is 38.4 Å². The minimum atomic E-state index is 0.200. The van der Waals surface area contributed by atoms with Crippen molar-refractivity contribution in [3.63, 3.8) is 0 Å². The van der Waals surface area contributed by atoms with Crippen LogP contribution in [0.3, 0.4) is 0 Å². The fourth-order valence-corrected chi connectivity index (χ4v) is 5.28. The molecule has 0 atom stereocenters. The highest BCUT2D eigenvalue weighted by Gasteiger charge is 2.31. The maximum absolute atomic E-state index is 6.63. The first kappa shape index (κ1) is 19.2. The van der Waals surface area contributed by atoms with E-state index in [0.29, 0.717) is 0 Å². The molecule has 0 saturated heterocycles. The van der Waals surface area contributed by atoms with Crippen molar-refractivity contribution in [3.05, 3.63) is 72.1 Å². The molecule has 6 rings (SSSR count). The van der Waals surface area contributed by atoms with Gasteiger partial charge in [0.05, 0.1) is 12.6 Å². The zero-order valence-corrected chi connectivity index (χ0v) is 19.3. The lowest BCUT2D eigenvalue weighted by molar-refractivity contribution is -0.662. The lowest BCUT2D eigenvalue weighted by Crippen LogP contribution is -2.32. The molecular formula is C29H27N2O+. The molecular weight excluding hydrogens is 392 g/mol. The number of benzene rings is 4. The van der Waals surface area contributed by atoms with Crippen LogP contribution in [0.1, 0.15) is 31.9 Å². The summed E-state index contributed by atoms with van der Waals surface area (Å²) in [7, 11) is 2.08. The van der Waals surface area contributed by atoms with E-state index >= 15 is 0 Å². The Morgan fingerprint density at radius 1 is 0.906 bits per heavy atom. The first-order valence-corrected chi connectivity index (χ1v) is 11.3. The summed E-state index contributed by atoms with van der Waals surface area (Å²) in [5.74, 6) is 1.82. The van der Waals surface area contributed by atoms with Gasteiger partial charge in [-0.15, -0.1) is 0 Å². The number of ether oxygens (including phenoxy) is 1. The van der Waals surface area contributed by atoms with Gasteiger partial charge in [0.15, 0.2) is 11.2 Å². The summed E-state index contributed by atoms with van der Waals surface area (Å²) >= 11 is 0. The first-order valence-electron chi connectivity index (χ1n) is 11.3. The number of fused-ring (bicyclic) bond motifs is 5. The van der Waals surface area contributed by atoms with Crippen molar-refractivity contribution in [3.8, 4) is 22.8 Å². The van der Waals surface area contributed by atoms with Crippen LogP contribution < -0.4 is 9.30 Å². The molecule has 0 N–H and O–H groups in total. The lowest BCUT2D eigenvalue weighted by Gasteiger charge is -2.24. The Labute approximate surface area is 188 Å². The zero-order valence-electron chi connectivity index (χ0n) is 19.3. The molecule has 0 radical (unpaired) electrons. The molecule has 0 amide bonds. The minimum absolute atomic E-state index is 0.200. The second-order valence-electron chi connectivity index (χ2n) is 10.2. The van der Waals surface area contributed by atoms with Crippen LogP contribution in [0.2, 0.25) is 0 Å². The molecule has 1 aliphatic heterocycles. The van der Waals surface area contributed by atoms with Crippen LogP contribution >= 0.6 is 0 Å². The van der Waals surface area contributed by atoms with Crippen LogP contribution in [-0.4, -0.2) is 4.98 Å². The van der Waals surface area contributed by atoms with E-state index in [-0.39, 0.29) is 5.41 Å². The quantitative estimate of drug-likeness (QED) is 0.211. The predicted molar refractivity (Wildman–Crippen MR) is 131 cm³/mol. The standard InChI is InChI=1S/C29H27N2O/c1-17-20-11-7-6-9-18(20)13-23-25(17)28-26-24(32-23)14-22-19(15-29(2,3)4)10-8-12-21(22)27(26)30-16-31(28)5/h6-14,16H,15H2,1-5H3/q+1. The number of nitrogens with zero attached hydrogens (tertiary/aromatic N) is 2. The number of rotatable bonds is 1. The van der Waals surface area contributed by atoms with Crippen molar-refractivity contribution in [2.24, 2.45) is 12.5 Å². The normalized spacial score (nSPS) is 12.9. The van der Waals surface area contributed by atoms with Crippen molar-refractivity contribution in [1.29, 1.82) is 0 Å². The smallest absolute Gasteiger partial charge is 0.287 e. The molecule has 5 aromatic rings. The van der Waals surface area contributed by atoms with E-state index < -0.39 is 0 Å². The molecule has 32 heavy (non-hydrogen) atoms. The van der Waals surface area contributed by atoms with Crippen LogP contribution in [0.25, 0.3) is 43.7 Å². The van der Waals surface area contributed by atoms with Crippen LogP contribution in [-0.2, 0) is 13.5 Å². The highest BCUT2D eigenvalue weighted by molar-refractivity contribution is 6.14. The van der Waals surface area contributed by atoms with Gasteiger partial charge >= 0.3 is 0 Å². The van der Waals surface area contributed by atoms with E-state index in [0.717, 1.165) is 34.4 Å². The van der Waals surface area contributed by atoms with Gasteiger partial charge in [0.2, 0.25) is 0 Å². The van der Waals surface area contributed by atoms with Crippen molar-refractivity contribution in [1.82, 2.24) is 4.98 Å². The molecule has 3 nitrogen and oxygen atoms in total. The van der Waals surface area contributed by atoms with Gasteiger partial charge in [0.25, 0.3) is 6.33 Å². The van der Waals surface area contributed by atoms with E-state index in [1.807, 2.05) is 6.33 Å². The Balaban J connectivity index is 1.75. The Morgan fingerprint density at radius 2 is 1.69 bits per heavy atom. The first-order chi connectivity index (χ1) is 15.3. The molecule has 0 aliphatic carbocycles. The molecule has 4 aromatic carbocycles. The van der Waals surface area contributed by atoms with Crippen molar-refractivity contribution < 1.29 is 9.30 Å². The van der Waals surface area contributed by atoms with Crippen LogP contribution in [0.4, 0.5) is 0 Å². The number of aryl methyl sites for hydroxylation is 2. The highest BCUT2D eigenvalue weighted by Crippen LogP contribution is 2.49. The van der Waals surface area contributed by atoms with Crippen LogP contribution in [0.15, 0.2) is 60.9 Å². The van der Waals surface area contributed by atoms with Gasteiger partial charge in [0.1, 0.15) is 16.9 Å². The van der Waals surface area contributed by atoms with E-state index in [4.69, 9.17) is 9.72 Å². The number of hydrogen-bond donors (Lipinski definition) is 0. The van der Waals surface area contributed by atoms with Crippen molar-refractivity contribution >= 4 is 32.4 Å². The molecule has 3 heteroatoms. The van der Waals surface area contributed by atoms with Gasteiger partial charge in [-0.25, -0.2) is 4.57 Å². The van der Waals surface area contributed by atoms with Crippen LogP contribution in [0, 0.1) is 12.3 Å². The molecule has 158 valence electrons. The highest BCUT2D eigenvalue weighted by atomic mass is 16.5. The zero-order chi connectivity index (χ0) is 22.2. The van der Waals surface area contributed by atoms with Gasteiger partial charge in [-0.3, -0.25) is 0 Å². The Kier molecular flexibility index (Phi) is 3.92. The van der Waals surface area contributed by atoms with Gasteiger partial charge in [-0.05, 0) is 69.2 Å². The van der Waals surface area contributed by atoms with Gasteiger partial charge in [-0.1, -0.05) is 57.2 Å². The molecule has 0 spiro atoms. The molecule has 0 unspecified atom stereocenters. The molecule has 1 aromatic heterocycles. The van der Waals surface area contributed by atoms with E-state index in [2.05, 4.69) is 93.9 Å². The van der Waals surface area contributed by atoms with Gasteiger partial charge < -0.3 is 4.74 Å². The van der Waals surface area contributed by atoms with Crippen LogP contribution in [0.5, 0.6) is 11.5 Å². The van der Waals surface area contributed by atoms with E-state index in [1.54, 1.807) is 0 Å². The summed E-state index contributed by atoms with van der Waals surface area (Å²) in [4.78, 5) is 4.90. The maximum atomic E-state index is 6.63. The Morgan fingerprint density at radius 3 is 2.50 bits per heavy atom. The fourth-order valence-electron chi connectivity index (χ4n) is 5.28. The molecule has 0 saturated carbocycles. The second kappa shape index (κ2) is 6.52. The van der Waals surface area contributed by atoms with Crippen molar-refractivity contribution in [2.45, 2.75) is 34.1 Å². The average Bonchev–Trinajstić information content (AvgIpc) is 2.75. The summed E-state index contributed by atoms with van der Waals surface area (Å²) in [6.45, 7) is 9.06. The third kappa shape index (κ3) is 2.74. The SMILES string of the molecule is Cc1c2c(cc3ccccc13)Oc1cc3c(CC(C)(C)C)cccc3c3nc[n+](C)c-2c13. The third-order valence-corrected chi connectivity index (χ3v) is 6.61. The monoisotopic (exact) mass is 419 g/mol. The summed E-state index contributed by atoms with van der Waals surface area (Å²) < 4.78 is 8.77. The molecule has 2 heterocycles. The number of aromatic nitrogens is 2.